The number of nitrogens with one attached hydrogen (secondary N) is 1. The van der Waals surface area contributed by atoms with Gasteiger partial charge < -0.3 is 15.2 Å². The van der Waals surface area contributed by atoms with Crippen LogP contribution in [-0.4, -0.2) is 21.2 Å². The molecule has 1 heterocycles. The van der Waals surface area contributed by atoms with Crippen molar-refractivity contribution in [3.05, 3.63) is 28.9 Å². The number of aromatic carboxylic acids is 1. The second-order valence-corrected chi connectivity index (χ2v) is 3.23. The molecule has 14 heavy (non-hydrogen) atoms. The molecular formula is C9H6ClNO3. The second kappa shape index (κ2) is 2.92. The lowest BCUT2D eigenvalue weighted by Crippen LogP contribution is -1.94. The molecule has 0 amide bonds. The second-order valence-electron chi connectivity index (χ2n) is 2.85. The van der Waals surface area contributed by atoms with Gasteiger partial charge in [-0.05, 0) is 18.2 Å². The number of phenols is 1. The summed E-state index contributed by atoms with van der Waals surface area (Å²) in [6.07, 6.45) is 0. The summed E-state index contributed by atoms with van der Waals surface area (Å²) in [4.78, 5) is 13.3. The first-order valence-corrected chi connectivity index (χ1v) is 4.21. The van der Waals surface area contributed by atoms with Gasteiger partial charge in [0.15, 0.2) is 0 Å². The fraction of sp³-hybridized carbons (Fsp3) is 0. The molecule has 0 radical (unpaired) electrons. The van der Waals surface area contributed by atoms with Gasteiger partial charge in [-0.15, -0.1) is 0 Å². The van der Waals surface area contributed by atoms with E-state index in [9.17, 15) is 9.90 Å². The van der Waals surface area contributed by atoms with Gasteiger partial charge in [0, 0.05) is 10.9 Å². The van der Waals surface area contributed by atoms with Gasteiger partial charge in [-0.2, -0.15) is 0 Å². The van der Waals surface area contributed by atoms with Gasteiger partial charge >= 0.3 is 5.97 Å². The quantitative estimate of drug-likeness (QED) is 0.677. The number of aromatic hydroxyl groups is 1. The molecule has 3 N–H and O–H groups in total. The molecule has 72 valence electrons. The van der Waals surface area contributed by atoms with Gasteiger partial charge in [-0.1, -0.05) is 11.6 Å². The topological polar surface area (TPSA) is 73.3 Å². The Kier molecular flexibility index (Phi) is 1.86. The number of hydrogen-bond acceptors (Lipinski definition) is 2. The normalized spacial score (nSPS) is 10.6. The maximum Gasteiger partial charge on any atom is 0.352 e. The minimum Gasteiger partial charge on any atom is -0.506 e. The number of hydrogen-bond donors (Lipinski definition) is 3. The summed E-state index contributed by atoms with van der Waals surface area (Å²) >= 11 is 5.78. The average Bonchev–Trinajstić information content (AvgIpc) is 2.56. The predicted molar refractivity (Wildman–Crippen MR) is 51.9 cm³/mol. The van der Waals surface area contributed by atoms with Crippen LogP contribution in [0, 0.1) is 0 Å². The summed E-state index contributed by atoms with van der Waals surface area (Å²) in [5, 5.41) is 18.6. The third-order valence-electron chi connectivity index (χ3n) is 1.95. The van der Waals surface area contributed by atoms with Crippen molar-refractivity contribution in [2.75, 3.05) is 0 Å². The lowest BCUT2D eigenvalue weighted by Gasteiger charge is -1.95. The number of H-pyrrole nitrogens is 1. The molecule has 1 aromatic heterocycles. The maximum absolute atomic E-state index is 10.6. The molecule has 0 spiro atoms. The molecule has 0 saturated carbocycles. The Balaban J connectivity index is 2.77. The number of aromatic amines is 1. The van der Waals surface area contributed by atoms with Gasteiger partial charge in [0.05, 0.1) is 5.02 Å². The van der Waals surface area contributed by atoms with Crippen LogP contribution in [0.3, 0.4) is 0 Å². The van der Waals surface area contributed by atoms with Crippen molar-refractivity contribution in [1.82, 2.24) is 4.98 Å². The highest BCUT2D eigenvalue weighted by Gasteiger charge is 2.11. The van der Waals surface area contributed by atoms with Crippen LogP contribution in [0.25, 0.3) is 10.9 Å². The Bertz CT molecular complexity index is 518. The standard InChI is InChI=1S/C9H6ClNO3/c10-8-4-3-6(9(13)14)11-5(4)1-2-7(8)12/h1-3,11-12H,(H,13,14). The van der Waals surface area contributed by atoms with Gasteiger partial charge in [0.2, 0.25) is 0 Å². The van der Waals surface area contributed by atoms with E-state index in [1.165, 1.54) is 12.1 Å². The Morgan fingerprint density at radius 3 is 2.79 bits per heavy atom. The van der Waals surface area contributed by atoms with E-state index in [0.29, 0.717) is 10.9 Å². The summed E-state index contributed by atoms with van der Waals surface area (Å²) in [5.74, 6) is -1.12. The monoisotopic (exact) mass is 211 g/mol. The van der Waals surface area contributed by atoms with E-state index in [4.69, 9.17) is 16.7 Å². The zero-order chi connectivity index (χ0) is 10.3. The molecule has 0 unspecified atom stereocenters. The number of carbonyl (C=O) groups is 1. The number of carboxylic acids is 1. The molecule has 0 fully saturated rings. The van der Waals surface area contributed by atoms with Crippen LogP contribution in [0.4, 0.5) is 0 Å². The zero-order valence-corrected chi connectivity index (χ0v) is 7.67. The number of benzene rings is 1. The van der Waals surface area contributed by atoms with Crippen LogP contribution in [0.15, 0.2) is 18.2 Å². The maximum atomic E-state index is 10.6. The number of aromatic nitrogens is 1. The molecule has 0 aliphatic rings. The Morgan fingerprint density at radius 2 is 2.14 bits per heavy atom. The Morgan fingerprint density at radius 1 is 1.43 bits per heavy atom. The van der Waals surface area contributed by atoms with E-state index in [-0.39, 0.29) is 16.5 Å². The molecular weight excluding hydrogens is 206 g/mol. The predicted octanol–water partition coefficient (Wildman–Crippen LogP) is 2.23. The van der Waals surface area contributed by atoms with E-state index >= 15 is 0 Å². The van der Waals surface area contributed by atoms with E-state index in [1.807, 2.05) is 0 Å². The van der Waals surface area contributed by atoms with E-state index in [0.717, 1.165) is 0 Å². The van der Waals surface area contributed by atoms with Crippen molar-refractivity contribution in [3.8, 4) is 5.75 Å². The SMILES string of the molecule is O=C(O)c1cc2c(Cl)c(O)ccc2[nH]1. The summed E-state index contributed by atoms with van der Waals surface area (Å²) in [5.41, 5.74) is 0.637. The molecule has 2 aromatic rings. The molecule has 0 saturated heterocycles. The molecule has 0 aliphatic heterocycles. The van der Waals surface area contributed by atoms with E-state index < -0.39 is 5.97 Å². The molecule has 2 rings (SSSR count). The lowest BCUT2D eigenvalue weighted by molar-refractivity contribution is 0.0691. The third-order valence-corrected chi connectivity index (χ3v) is 2.35. The van der Waals surface area contributed by atoms with Gasteiger partial charge in [-0.25, -0.2) is 4.79 Å². The van der Waals surface area contributed by atoms with Crippen molar-refractivity contribution < 1.29 is 15.0 Å². The highest BCUT2D eigenvalue weighted by Crippen LogP contribution is 2.32. The van der Waals surface area contributed by atoms with Crippen LogP contribution in [-0.2, 0) is 0 Å². The van der Waals surface area contributed by atoms with Gasteiger partial charge in [0.25, 0.3) is 0 Å². The van der Waals surface area contributed by atoms with Gasteiger partial charge in [-0.3, -0.25) is 0 Å². The first-order valence-electron chi connectivity index (χ1n) is 3.83. The first-order chi connectivity index (χ1) is 6.59. The van der Waals surface area contributed by atoms with Crippen LogP contribution in [0.5, 0.6) is 5.75 Å². The van der Waals surface area contributed by atoms with Crippen LogP contribution < -0.4 is 0 Å². The van der Waals surface area contributed by atoms with Crippen molar-refractivity contribution in [2.45, 2.75) is 0 Å². The smallest absolute Gasteiger partial charge is 0.352 e. The average molecular weight is 212 g/mol. The van der Waals surface area contributed by atoms with Crippen LogP contribution >= 0.6 is 11.6 Å². The fourth-order valence-corrected chi connectivity index (χ4v) is 1.49. The largest absolute Gasteiger partial charge is 0.506 e. The Hall–Kier alpha value is -1.68. The molecule has 5 heteroatoms. The van der Waals surface area contributed by atoms with Crippen LogP contribution in [0.2, 0.25) is 5.02 Å². The van der Waals surface area contributed by atoms with Crippen molar-refractivity contribution in [3.63, 3.8) is 0 Å². The number of phenolic OH excluding ortho intramolecular Hbond substituents is 1. The summed E-state index contributed by atoms with van der Waals surface area (Å²) in [6, 6.07) is 4.37. The fourth-order valence-electron chi connectivity index (χ4n) is 1.27. The molecule has 0 atom stereocenters. The summed E-state index contributed by atoms with van der Waals surface area (Å²) in [7, 11) is 0. The number of rotatable bonds is 1. The molecule has 4 nitrogen and oxygen atoms in total. The zero-order valence-electron chi connectivity index (χ0n) is 6.91. The molecule has 1 aromatic carbocycles. The molecule has 0 aliphatic carbocycles. The molecule has 0 bridgehead atoms. The number of halogens is 1. The van der Waals surface area contributed by atoms with Gasteiger partial charge in [0.1, 0.15) is 11.4 Å². The highest BCUT2D eigenvalue weighted by atomic mass is 35.5. The summed E-state index contributed by atoms with van der Waals surface area (Å²) in [6.45, 7) is 0. The number of carboxylic acid groups (broad SMARTS) is 1. The van der Waals surface area contributed by atoms with Crippen molar-refractivity contribution in [2.24, 2.45) is 0 Å². The summed E-state index contributed by atoms with van der Waals surface area (Å²) < 4.78 is 0. The minimum atomic E-state index is -1.06. The lowest BCUT2D eigenvalue weighted by atomic mass is 10.2. The first kappa shape index (κ1) is 8.90. The minimum absolute atomic E-state index is 0.0486. The number of fused-ring (bicyclic) bond motifs is 1. The highest BCUT2D eigenvalue weighted by molar-refractivity contribution is 6.37. The Labute approximate surface area is 83.7 Å². The third kappa shape index (κ3) is 1.20. The van der Waals surface area contributed by atoms with E-state index in [2.05, 4.69) is 4.98 Å². The van der Waals surface area contributed by atoms with Crippen LogP contribution in [0.1, 0.15) is 10.5 Å². The van der Waals surface area contributed by atoms with Crippen molar-refractivity contribution >= 4 is 28.5 Å². The van der Waals surface area contributed by atoms with Crippen molar-refractivity contribution in [1.29, 1.82) is 0 Å². The van der Waals surface area contributed by atoms with E-state index in [1.54, 1.807) is 6.07 Å².